The Labute approximate surface area is 71.4 Å². The quantitative estimate of drug-likeness (QED) is 0.622. The number of nitrogens with zero attached hydrogens (tertiary/aromatic N) is 1. The molecule has 0 aliphatic rings. The molecule has 0 saturated carbocycles. The van der Waals surface area contributed by atoms with E-state index in [4.69, 9.17) is 0 Å². The summed E-state index contributed by atoms with van der Waals surface area (Å²) in [6, 6.07) is 5.33. The van der Waals surface area contributed by atoms with Crippen LogP contribution in [0.5, 0.6) is 0 Å². The van der Waals surface area contributed by atoms with Gasteiger partial charge in [-0.15, -0.1) is 0 Å². The van der Waals surface area contributed by atoms with Crippen molar-refractivity contribution < 1.29 is 9.53 Å². The molecular weight excluding hydrogens is 154 g/mol. The molecule has 0 atom stereocenters. The van der Waals surface area contributed by atoms with Crippen LogP contribution in [0.15, 0.2) is 18.2 Å². The Morgan fingerprint density at radius 2 is 2.33 bits per heavy atom. The molecule has 0 saturated heterocycles. The fraction of sp³-hybridized carbons (Fsp3) is 0.333. The number of aromatic nitrogens is 1. The maximum atomic E-state index is 11.0. The molecule has 0 amide bonds. The summed E-state index contributed by atoms with van der Waals surface area (Å²) < 4.78 is 4.53. The monoisotopic (exact) mass is 165 g/mol. The van der Waals surface area contributed by atoms with Crippen molar-refractivity contribution in [3.05, 3.63) is 29.6 Å². The van der Waals surface area contributed by atoms with Crippen molar-refractivity contribution in [1.82, 2.24) is 4.98 Å². The van der Waals surface area contributed by atoms with Gasteiger partial charge in [0.1, 0.15) is 5.69 Å². The smallest absolute Gasteiger partial charge is 0.356 e. The van der Waals surface area contributed by atoms with Gasteiger partial charge < -0.3 is 4.74 Å². The van der Waals surface area contributed by atoms with E-state index >= 15 is 0 Å². The standard InChI is InChI=1S/C9H11NO2/c1-3-7-5-4-6-8(10-7)9(11)12-2/h4-6H,3H2,1-2H3. The summed E-state index contributed by atoms with van der Waals surface area (Å²) in [4.78, 5) is 15.1. The Morgan fingerprint density at radius 3 is 2.92 bits per heavy atom. The fourth-order valence-electron chi connectivity index (χ4n) is 0.895. The molecule has 3 nitrogen and oxygen atoms in total. The van der Waals surface area contributed by atoms with Crippen LogP contribution in [0.3, 0.4) is 0 Å². The van der Waals surface area contributed by atoms with Gasteiger partial charge in [0.2, 0.25) is 0 Å². The van der Waals surface area contributed by atoms with E-state index in [2.05, 4.69) is 9.72 Å². The van der Waals surface area contributed by atoms with Gasteiger partial charge in [0, 0.05) is 5.69 Å². The Kier molecular flexibility index (Phi) is 2.80. The van der Waals surface area contributed by atoms with E-state index in [0.29, 0.717) is 5.69 Å². The van der Waals surface area contributed by atoms with E-state index in [1.54, 1.807) is 12.1 Å². The molecule has 0 unspecified atom stereocenters. The average molecular weight is 165 g/mol. The Hall–Kier alpha value is -1.38. The zero-order valence-electron chi connectivity index (χ0n) is 7.20. The number of ether oxygens (including phenoxy) is 1. The van der Waals surface area contributed by atoms with Crippen LogP contribution in [0.1, 0.15) is 23.1 Å². The van der Waals surface area contributed by atoms with Gasteiger partial charge in [0.05, 0.1) is 7.11 Å². The van der Waals surface area contributed by atoms with Gasteiger partial charge in [-0.2, -0.15) is 0 Å². The van der Waals surface area contributed by atoms with Crippen molar-refractivity contribution in [1.29, 1.82) is 0 Å². The molecule has 1 aromatic rings. The number of rotatable bonds is 2. The van der Waals surface area contributed by atoms with E-state index in [1.165, 1.54) is 7.11 Å². The van der Waals surface area contributed by atoms with Crippen molar-refractivity contribution in [3.8, 4) is 0 Å². The van der Waals surface area contributed by atoms with E-state index in [9.17, 15) is 4.79 Å². The van der Waals surface area contributed by atoms with Crippen molar-refractivity contribution in [2.45, 2.75) is 13.3 Å². The molecule has 0 aliphatic carbocycles. The second-order valence-corrected chi connectivity index (χ2v) is 2.36. The molecule has 0 aromatic carbocycles. The van der Waals surface area contributed by atoms with Crippen LogP contribution in [-0.2, 0) is 11.2 Å². The first-order chi connectivity index (χ1) is 5.77. The van der Waals surface area contributed by atoms with Crippen molar-refractivity contribution in [2.75, 3.05) is 7.11 Å². The largest absolute Gasteiger partial charge is 0.464 e. The maximum absolute atomic E-state index is 11.0. The molecule has 0 spiro atoms. The molecule has 1 rings (SSSR count). The third kappa shape index (κ3) is 1.81. The molecule has 0 fully saturated rings. The molecule has 0 N–H and O–H groups in total. The summed E-state index contributed by atoms with van der Waals surface area (Å²) in [6.07, 6.45) is 0.824. The average Bonchev–Trinajstić information content (AvgIpc) is 2.17. The first-order valence-electron chi connectivity index (χ1n) is 3.82. The van der Waals surface area contributed by atoms with Crippen molar-refractivity contribution in [3.63, 3.8) is 0 Å². The van der Waals surface area contributed by atoms with Crippen LogP contribution in [0, 0.1) is 0 Å². The molecule has 0 aliphatic heterocycles. The van der Waals surface area contributed by atoms with E-state index in [0.717, 1.165) is 12.1 Å². The minimum Gasteiger partial charge on any atom is -0.464 e. The predicted molar refractivity (Wildman–Crippen MR) is 45.0 cm³/mol. The number of carbonyl (C=O) groups excluding carboxylic acids is 1. The first-order valence-corrected chi connectivity index (χ1v) is 3.82. The van der Waals surface area contributed by atoms with Gasteiger partial charge >= 0.3 is 5.97 Å². The van der Waals surface area contributed by atoms with Crippen LogP contribution >= 0.6 is 0 Å². The SMILES string of the molecule is CCc1cccc(C(=O)OC)n1. The summed E-state index contributed by atoms with van der Waals surface area (Å²) in [7, 11) is 1.35. The lowest BCUT2D eigenvalue weighted by molar-refractivity contribution is 0.0593. The Balaban J connectivity index is 2.93. The van der Waals surface area contributed by atoms with Crippen molar-refractivity contribution in [2.24, 2.45) is 0 Å². The van der Waals surface area contributed by atoms with Gasteiger partial charge in [-0.1, -0.05) is 13.0 Å². The number of methoxy groups -OCH3 is 1. The molecule has 3 heteroatoms. The van der Waals surface area contributed by atoms with Crippen LogP contribution < -0.4 is 0 Å². The summed E-state index contributed by atoms with van der Waals surface area (Å²) in [5.74, 6) is -0.384. The second-order valence-electron chi connectivity index (χ2n) is 2.36. The lowest BCUT2D eigenvalue weighted by Gasteiger charge is -1.99. The zero-order valence-corrected chi connectivity index (χ0v) is 7.20. The van der Waals surface area contributed by atoms with Gasteiger partial charge in [0.15, 0.2) is 0 Å². The number of carbonyl (C=O) groups is 1. The molecule has 0 radical (unpaired) electrons. The molecule has 1 aromatic heterocycles. The highest BCUT2D eigenvalue weighted by molar-refractivity contribution is 5.87. The number of aryl methyl sites for hydroxylation is 1. The van der Waals surface area contributed by atoms with Gasteiger partial charge in [-0.05, 0) is 18.6 Å². The van der Waals surface area contributed by atoms with Crippen molar-refractivity contribution >= 4 is 5.97 Å². The molecule has 64 valence electrons. The summed E-state index contributed by atoms with van der Waals surface area (Å²) in [5, 5.41) is 0. The summed E-state index contributed by atoms with van der Waals surface area (Å²) in [5.41, 5.74) is 1.27. The van der Waals surface area contributed by atoms with E-state index < -0.39 is 0 Å². The van der Waals surface area contributed by atoms with Gasteiger partial charge in [0.25, 0.3) is 0 Å². The van der Waals surface area contributed by atoms with E-state index in [-0.39, 0.29) is 5.97 Å². The van der Waals surface area contributed by atoms with Crippen LogP contribution in [-0.4, -0.2) is 18.1 Å². The Morgan fingerprint density at radius 1 is 1.58 bits per heavy atom. The summed E-state index contributed by atoms with van der Waals surface area (Å²) in [6.45, 7) is 1.99. The molecule has 1 heterocycles. The summed E-state index contributed by atoms with van der Waals surface area (Å²) >= 11 is 0. The molecule has 0 bridgehead atoms. The van der Waals surface area contributed by atoms with Crippen LogP contribution in [0.2, 0.25) is 0 Å². The highest BCUT2D eigenvalue weighted by Gasteiger charge is 2.05. The minimum atomic E-state index is -0.384. The third-order valence-electron chi connectivity index (χ3n) is 1.56. The van der Waals surface area contributed by atoms with Gasteiger partial charge in [-0.25, -0.2) is 9.78 Å². The Bertz CT molecular complexity index is 284. The molecular formula is C9H11NO2. The highest BCUT2D eigenvalue weighted by atomic mass is 16.5. The minimum absolute atomic E-state index is 0.372. The predicted octanol–water partition coefficient (Wildman–Crippen LogP) is 1.43. The first kappa shape index (κ1) is 8.71. The lowest BCUT2D eigenvalue weighted by Crippen LogP contribution is -2.05. The second kappa shape index (κ2) is 3.85. The molecule has 12 heavy (non-hydrogen) atoms. The van der Waals surface area contributed by atoms with E-state index in [1.807, 2.05) is 13.0 Å². The highest BCUT2D eigenvalue weighted by Crippen LogP contribution is 2.01. The number of hydrogen-bond acceptors (Lipinski definition) is 3. The maximum Gasteiger partial charge on any atom is 0.356 e. The third-order valence-corrected chi connectivity index (χ3v) is 1.56. The topological polar surface area (TPSA) is 39.2 Å². The number of hydrogen-bond donors (Lipinski definition) is 0. The number of pyridine rings is 1. The van der Waals surface area contributed by atoms with Crippen LogP contribution in [0.4, 0.5) is 0 Å². The van der Waals surface area contributed by atoms with Crippen LogP contribution in [0.25, 0.3) is 0 Å². The fourth-order valence-corrected chi connectivity index (χ4v) is 0.895. The lowest BCUT2D eigenvalue weighted by atomic mass is 10.2. The number of esters is 1. The van der Waals surface area contributed by atoms with Gasteiger partial charge in [-0.3, -0.25) is 0 Å². The zero-order chi connectivity index (χ0) is 8.97. The normalized spacial score (nSPS) is 9.50.